The normalized spacial score (nSPS) is 12.6. The second-order valence-corrected chi connectivity index (χ2v) is 6.11. The van der Waals surface area contributed by atoms with Gasteiger partial charge in [-0.3, -0.25) is 4.79 Å². The molecule has 1 aromatic carbocycles. The minimum absolute atomic E-state index is 0.00742. The second-order valence-electron chi connectivity index (χ2n) is 6.11. The molecule has 0 saturated carbocycles. The van der Waals surface area contributed by atoms with Crippen molar-refractivity contribution < 1.29 is 18.0 Å². The predicted molar refractivity (Wildman–Crippen MR) is 96.0 cm³/mol. The fourth-order valence-electron chi connectivity index (χ4n) is 2.80. The van der Waals surface area contributed by atoms with Gasteiger partial charge in [0, 0.05) is 31.1 Å². The van der Waals surface area contributed by atoms with Crippen LogP contribution in [-0.2, 0) is 6.18 Å². The standard InChI is InChI=1S/C19H18F3N5O/c1-2-13(14-7-4-3-5-8-14)11-25-17(28)15-12-27(18-23-9-6-10-24-18)26-16(15)19(20,21)22/h3-10,12-13H,2,11H2,1H3,(H,25,28). The van der Waals surface area contributed by atoms with Crippen LogP contribution >= 0.6 is 0 Å². The Morgan fingerprint density at radius 1 is 1.14 bits per heavy atom. The van der Waals surface area contributed by atoms with Gasteiger partial charge in [0.25, 0.3) is 5.91 Å². The van der Waals surface area contributed by atoms with Gasteiger partial charge in [-0.15, -0.1) is 0 Å². The first-order chi connectivity index (χ1) is 13.4. The van der Waals surface area contributed by atoms with Crippen LogP contribution in [0.4, 0.5) is 13.2 Å². The number of rotatable bonds is 6. The third kappa shape index (κ3) is 4.36. The van der Waals surface area contributed by atoms with Gasteiger partial charge in [-0.25, -0.2) is 14.6 Å². The monoisotopic (exact) mass is 389 g/mol. The van der Waals surface area contributed by atoms with E-state index in [9.17, 15) is 18.0 Å². The molecule has 9 heteroatoms. The molecule has 2 aromatic heterocycles. The minimum Gasteiger partial charge on any atom is -0.351 e. The number of nitrogens with zero attached hydrogens (tertiary/aromatic N) is 4. The van der Waals surface area contributed by atoms with E-state index in [-0.39, 0.29) is 18.4 Å². The predicted octanol–water partition coefficient (Wildman–Crippen LogP) is 3.60. The maximum Gasteiger partial charge on any atom is 0.435 e. The van der Waals surface area contributed by atoms with Crippen LogP contribution < -0.4 is 5.32 Å². The van der Waals surface area contributed by atoms with E-state index < -0.39 is 23.3 Å². The zero-order valence-corrected chi connectivity index (χ0v) is 15.0. The van der Waals surface area contributed by atoms with Gasteiger partial charge in [-0.05, 0) is 18.1 Å². The Hall–Kier alpha value is -3.23. The van der Waals surface area contributed by atoms with Gasteiger partial charge in [0.2, 0.25) is 5.95 Å². The molecule has 1 amide bonds. The smallest absolute Gasteiger partial charge is 0.351 e. The van der Waals surface area contributed by atoms with Crippen molar-refractivity contribution in [3.05, 3.63) is 71.8 Å². The topological polar surface area (TPSA) is 72.7 Å². The van der Waals surface area contributed by atoms with E-state index in [0.717, 1.165) is 22.9 Å². The molecule has 0 aliphatic heterocycles. The van der Waals surface area contributed by atoms with Crippen molar-refractivity contribution in [1.82, 2.24) is 25.1 Å². The summed E-state index contributed by atoms with van der Waals surface area (Å²) in [7, 11) is 0. The molecule has 0 saturated heterocycles. The first kappa shape index (κ1) is 19.5. The van der Waals surface area contributed by atoms with Crippen molar-refractivity contribution >= 4 is 5.91 Å². The molecule has 146 valence electrons. The molecule has 3 rings (SSSR count). The molecular weight excluding hydrogens is 371 g/mol. The summed E-state index contributed by atoms with van der Waals surface area (Å²) in [5.74, 6) is -0.904. The number of hydrogen-bond acceptors (Lipinski definition) is 4. The maximum atomic E-state index is 13.4. The van der Waals surface area contributed by atoms with Crippen molar-refractivity contribution in [3.63, 3.8) is 0 Å². The lowest BCUT2D eigenvalue weighted by molar-refractivity contribution is -0.141. The summed E-state index contributed by atoms with van der Waals surface area (Å²) in [6.45, 7) is 2.17. The van der Waals surface area contributed by atoms with Crippen molar-refractivity contribution in [1.29, 1.82) is 0 Å². The molecule has 6 nitrogen and oxygen atoms in total. The van der Waals surface area contributed by atoms with Crippen molar-refractivity contribution in [3.8, 4) is 5.95 Å². The molecule has 0 bridgehead atoms. The Labute approximate surface area is 159 Å². The molecule has 0 spiro atoms. The van der Waals surface area contributed by atoms with E-state index in [0.29, 0.717) is 0 Å². The van der Waals surface area contributed by atoms with E-state index >= 15 is 0 Å². The summed E-state index contributed by atoms with van der Waals surface area (Å²) in [6.07, 6.45) is -0.299. The number of carbonyl (C=O) groups is 1. The fraction of sp³-hybridized carbons (Fsp3) is 0.263. The number of benzene rings is 1. The maximum absolute atomic E-state index is 13.4. The van der Waals surface area contributed by atoms with Gasteiger partial charge < -0.3 is 5.32 Å². The highest BCUT2D eigenvalue weighted by atomic mass is 19.4. The van der Waals surface area contributed by atoms with Crippen LogP contribution in [0.1, 0.15) is 40.9 Å². The van der Waals surface area contributed by atoms with Crippen molar-refractivity contribution in [2.75, 3.05) is 6.54 Å². The first-order valence-electron chi connectivity index (χ1n) is 8.67. The highest BCUT2D eigenvalue weighted by Crippen LogP contribution is 2.31. The summed E-state index contributed by atoms with van der Waals surface area (Å²) in [6, 6.07) is 11.0. The number of aromatic nitrogens is 4. The van der Waals surface area contributed by atoms with Crippen molar-refractivity contribution in [2.24, 2.45) is 0 Å². The van der Waals surface area contributed by atoms with Gasteiger partial charge in [0.1, 0.15) is 0 Å². The lowest BCUT2D eigenvalue weighted by atomic mass is 9.96. The summed E-state index contributed by atoms with van der Waals surface area (Å²) in [5, 5.41) is 6.08. The second kappa shape index (κ2) is 8.20. The van der Waals surface area contributed by atoms with Crippen molar-refractivity contribution in [2.45, 2.75) is 25.4 Å². The third-order valence-electron chi connectivity index (χ3n) is 4.26. The molecule has 28 heavy (non-hydrogen) atoms. The van der Waals surface area contributed by atoms with Gasteiger partial charge in [0.15, 0.2) is 5.69 Å². The van der Waals surface area contributed by atoms with Gasteiger partial charge >= 0.3 is 6.18 Å². The lowest BCUT2D eigenvalue weighted by Gasteiger charge is -2.16. The van der Waals surface area contributed by atoms with E-state index in [1.165, 1.54) is 18.5 Å². The summed E-state index contributed by atoms with van der Waals surface area (Å²) in [4.78, 5) is 20.2. The van der Waals surface area contributed by atoms with Crippen LogP contribution in [0.2, 0.25) is 0 Å². The van der Waals surface area contributed by atoms with Crippen LogP contribution in [0.25, 0.3) is 5.95 Å². The first-order valence-corrected chi connectivity index (χ1v) is 8.67. The van der Waals surface area contributed by atoms with Crippen LogP contribution in [0.15, 0.2) is 55.0 Å². The highest BCUT2D eigenvalue weighted by molar-refractivity contribution is 5.95. The number of hydrogen-bond donors (Lipinski definition) is 1. The SMILES string of the molecule is CCC(CNC(=O)c1cn(-c2ncccn2)nc1C(F)(F)F)c1ccccc1. The minimum atomic E-state index is -4.78. The molecule has 1 N–H and O–H groups in total. The Balaban J connectivity index is 1.83. The molecule has 2 heterocycles. The highest BCUT2D eigenvalue weighted by Gasteiger charge is 2.39. The van der Waals surface area contributed by atoms with Crippen LogP contribution in [-0.4, -0.2) is 32.2 Å². The van der Waals surface area contributed by atoms with Gasteiger partial charge in [-0.1, -0.05) is 37.3 Å². The molecule has 1 unspecified atom stereocenters. The van der Waals surface area contributed by atoms with Crippen LogP contribution in [0.3, 0.4) is 0 Å². The van der Waals surface area contributed by atoms with E-state index in [1.54, 1.807) is 0 Å². The Morgan fingerprint density at radius 3 is 2.43 bits per heavy atom. The van der Waals surface area contributed by atoms with Gasteiger partial charge in [0.05, 0.1) is 5.56 Å². The summed E-state index contributed by atoms with van der Waals surface area (Å²) in [5.41, 5.74) is -0.831. The average molecular weight is 389 g/mol. The molecular formula is C19H18F3N5O. The number of alkyl halides is 3. The number of amides is 1. The molecule has 0 radical (unpaired) electrons. The Kier molecular flexibility index (Phi) is 5.72. The average Bonchev–Trinajstić information content (AvgIpc) is 3.16. The van der Waals surface area contributed by atoms with E-state index in [4.69, 9.17) is 0 Å². The summed E-state index contributed by atoms with van der Waals surface area (Å²) >= 11 is 0. The zero-order chi connectivity index (χ0) is 20.1. The molecule has 0 aliphatic rings. The Morgan fingerprint density at radius 2 is 1.82 bits per heavy atom. The number of nitrogens with one attached hydrogen (secondary N) is 1. The van der Waals surface area contributed by atoms with E-state index in [1.807, 2.05) is 37.3 Å². The van der Waals surface area contributed by atoms with Crippen LogP contribution in [0.5, 0.6) is 0 Å². The number of carbonyl (C=O) groups excluding carboxylic acids is 1. The van der Waals surface area contributed by atoms with Gasteiger partial charge in [-0.2, -0.15) is 18.3 Å². The Bertz CT molecular complexity index is 926. The quantitative estimate of drug-likeness (QED) is 0.699. The zero-order valence-electron chi connectivity index (χ0n) is 15.0. The molecule has 1 atom stereocenters. The third-order valence-corrected chi connectivity index (χ3v) is 4.26. The molecule has 0 aliphatic carbocycles. The molecule has 3 aromatic rings. The largest absolute Gasteiger partial charge is 0.435 e. The lowest BCUT2D eigenvalue weighted by Crippen LogP contribution is -2.29. The number of halogens is 3. The molecule has 0 fully saturated rings. The fourth-order valence-corrected chi connectivity index (χ4v) is 2.80. The summed E-state index contributed by atoms with van der Waals surface area (Å²) < 4.78 is 41.0. The van der Waals surface area contributed by atoms with Crippen LogP contribution in [0, 0.1) is 0 Å². The van der Waals surface area contributed by atoms with E-state index in [2.05, 4.69) is 20.4 Å².